The first-order valence-corrected chi connectivity index (χ1v) is 10.2. The molecule has 2 fully saturated rings. The number of allylic oxidation sites excluding steroid dienone is 2. The normalized spacial score (nSPS) is 20.8. The number of nitrogens with one attached hydrogen (secondary N) is 2. The molecule has 0 saturated carbocycles. The summed E-state index contributed by atoms with van der Waals surface area (Å²) < 4.78 is 5.99. The highest BCUT2D eigenvalue weighted by Gasteiger charge is 2.28. The first-order valence-electron chi connectivity index (χ1n) is 10.2. The minimum Gasteiger partial charge on any atom is -0.461 e. The fourth-order valence-corrected chi connectivity index (χ4v) is 3.83. The van der Waals surface area contributed by atoms with Crippen LogP contribution in [-0.4, -0.2) is 30.7 Å². The molecule has 0 radical (unpaired) electrons. The fourth-order valence-electron chi connectivity index (χ4n) is 3.83. The Morgan fingerprint density at radius 3 is 2.72 bits per heavy atom. The summed E-state index contributed by atoms with van der Waals surface area (Å²) in [6, 6.07) is 8.01. The molecule has 2 amide bonds. The van der Waals surface area contributed by atoms with Crippen molar-refractivity contribution in [1.82, 2.24) is 10.6 Å². The van der Waals surface area contributed by atoms with E-state index in [0.717, 1.165) is 25.9 Å². The highest BCUT2D eigenvalue weighted by Crippen LogP contribution is 2.29. The molecule has 3 rings (SSSR count). The molecule has 0 aromatic heterocycles. The Bertz CT molecular complexity index is 809. The molecule has 0 spiro atoms. The van der Waals surface area contributed by atoms with Gasteiger partial charge in [0.15, 0.2) is 5.78 Å². The Balaban J connectivity index is 1.66. The largest absolute Gasteiger partial charge is 0.461 e. The van der Waals surface area contributed by atoms with Crippen molar-refractivity contribution >= 4 is 17.6 Å². The van der Waals surface area contributed by atoms with Gasteiger partial charge in [-0.05, 0) is 56.0 Å². The van der Waals surface area contributed by atoms with Crippen LogP contribution in [0.1, 0.15) is 50.0 Å². The molecule has 0 bridgehead atoms. The predicted molar refractivity (Wildman–Crippen MR) is 110 cm³/mol. The van der Waals surface area contributed by atoms with E-state index in [0.29, 0.717) is 30.3 Å². The zero-order valence-electron chi connectivity index (χ0n) is 16.6. The highest BCUT2D eigenvalue weighted by molar-refractivity contribution is 6.01. The van der Waals surface area contributed by atoms with Gasteiger partial charge in [0.25, 0.3) is 0 Å². The van der Waals surface area contributed by atoms with Gasteiger partial charge in [-0.3, -0.25) is 19.7 Å². The summed E-state index contributed by atoms with van der Waals surface area (Å²) >= 11 is 0. The molecular weight excluding hydrogens is 368 g/mol. The van der Waals surface area contributed by atoms with Crippen molar-refractivity contribution in [3.8, 4) is 5.75 Å². The van der Waals surface area contributed by atoms with Crippen molar-refractivity contribution in [3.05, 3.63) is 54.3 Å². The fraction of sp³-hybridized carbons (Fsp3) is 0.435. The summed E-state index contributed by atoms with van der Waals surface area (Å²) in [7, 11) is 0. The third-order valence-corrected chi connectivity index (χ3v) is 5.39. The monoisotopic (exact) mass is 396 g/mol. The van der Waals surface area contributed by atoms with Crippen LogP contribution in [0.3, 0.4) is 0 Å². The quantitative estimate of drug-likeness (QED) is 0.305. The van der Waals surface area contributed by atoms with Crippen LogP contribution < -0.4 is 15.4 Å². The van der Waals surface area contributed by atoms with Gasteiger partial charge in [0.2, 0.25) is 11.8 Å². The van der Waals surface area contributed by atoms with Crippen LogP contribution in [0.4, 0.5) is 0 Å². The van der Waals surface area contributed by atoms with Gasteiger partial charge in [-0.25, -0.2) is 0 Å². The number of rotatable bonds is 8. The lowest BCUT2D eigenvalue weighted by Crippen LogP contribution is -2.41. The number of hydrogen-bond donors (Lipinski definition) is 2. The molecule has 154 valence electrons. The third-order valence-electron chi connectivity index (χ3n) is 5.39. The number of carbonyl (C=O) groups is 3. The first kappa shape index (κ1) is 21.0. The standard InChI is InChI=1S/C23H28N2O4/c1-2-4-20(15-19(26)13-18-7-8-22(27)25-23(18)28)29-21-6-3-5-17(14-21)16-9-11-24-12-10-16/h2-3,5-6,14-16,18,24H,1,4,7-13H2,(H,25,27,28)/b20-15+. The topological polar surface area (TPSA) is 84.5 Å². The zero-order chi connectivity index (χ0) is 20.6. The lowest BCUT2D eigenvalue weighted by Gasteiger charge is -2.23. The SMILES string of the molecule is C=CC/C(=C\C(=O)CC1CCC(=O)NC1=O)Oc1cccc(C2CCNCC2)c1. The van der Waals surface area contributed by atoms with Gasteiger partial charge >= 0.3 is 0 Å². The minimum atomic E-state index is -0.468. The van der Waals surface area contributed by atoms with Crippen molar-refractivity contribution in [2.24, 2.45) is 5.92 Å². The van der Waals surface area contributed by atoms with Crippen LogP contribution in [0, 0.1) is 5.92 Å². The first-order chi connectivity index (χ1) is 14.0. The zero-order valence-corrected chi connectivity index (χ0v) is 16.6. The van der Waals surface area contributed by atoms with Gasteiger partial charge in [0, 0.05) is 31.3 Å². The maximum Gasteiger partial charge on any atom is 0.230 e. The van der Waals surface area contributed by atoms with Crippen molar-refractivity contribution < 1.29 is 19.1 Å². The van der Waals surface area contributed by atoms with E-state index < -0.39 is 5.92 Å². The maximum atomic E-state index is 12.5. The van der Waals surface area contributed by atoms with E-state index in [1.54, 1.807) is 6.08 Å². The number of hydrogen-bond acceptors (Lipinski definition) is 5. The Morgan fingerprint density at radius 2 is 2.00 bits per heavy atom. The molecular formula is C23H28N2O4. The lowest BCUT2D eigenvalue weighted by atomic mass is 9.90. The van der Waals surface area contributed by atoms with Crippen LogP contribution in [0.2, 0.25) is 0 Å². The number of amides is 2. The molecule has 2 aliphatic rings. The van der Waals surface area contributed by atoms with Gasteiger partial charge in [-0.15, -0.1) is 6.58 Å². The van der Waals surface area contributed by atoms with Gasteiger partial charge in [0.05, 0.1) is 0 Å². The van der Waals surface area contributed by atoms with Gasteiger partial charge < -0.3 is 10.1 Å². The molecule has 6 heteroatoms. The minimum absolute atomic E-state index is 0.0677. The van der Waals surface area contributed by atoms with Crippen LogP contribution in [0.5, 0.6) is 5.75 Å². The molecule has 2 N–H and O–H groups in total. The Labute approximate surface area is 171 Å². The number of ether oxygens (including phenoxy) is 1. The summed E-state index contributed by atoms with van der Waals surface area (Å²) in [4.78, 5) is 35.6. The highest BCUT2D eigenvalue weighted by atomic mass is 16.5. The lowest BCUT2D eigenvalue weighted by molar-refractivity contribution is -0.138. The molecule has 1 atom stereocenters. The van der Waals surface area contributed by atoms with E-state index in [2.05, 4.69) is 23.3 Å². The van der Waals surface area contributed by atoms with E-state index in [9.17, 15) is 14.4 Å². The molecule has 2 heterocycles. The number of imide groups is 1. The Morgan fingerprint density at radius 1 is 1.21 bits per heavy atom. The smallest absolute Gasteiger partial charge is 0.230 e. The van der Waals surface area contributed by atoms with Crippen molar-refractivity contribution in [2.45, 2.75) is 44.4 Å². The number of benzene rings is 1. The van der Waals surface area contributed by atoms with Crippen LogP contribution in [-0.2, 0) is 14.4 Å². The number of ketones is 1. The third kappa shape index (κ3) is 6.12. The van der Waals surface area contributed by atoms with Crippen LogP contribution in [0.25, 0.3) is 0 Å². The van der Waals surface area contributed by atoms with Crippen molar-refractivity contribution in [3.63, 3.8) is 0 Å². The summed E-state index contributed by atoms with van der Waals surface area (Å²) in [6.07, 6.45) is 6.49. The molecule has 1 aromatic carbocycles. The summed E-state index contributed by atoms with van der Waals surface area (Å²) in [6.45, 7) is 5.78. The average molecular weight is 396 g/mol. The predicted octanol–water partition coefficient (Wildman–Crippen LogP) is 3.00. The molecule has 6 nitrogen and oxygen atoms in total. The van der Waals surface area contributed by atoms with E-state index in [1.807, 2.05) is 18.2 Å². The van der Waals surface area contributed by atoms with Crippen molar-refractivity contribution in [1.29, 1.82) is 0 Å². The van der Waals surface area contributed by atoms with E-state index in [-0.39, 0.29) is 30.4 Å². The van der Waals surface area contributed by atoms with Gasteiger partial charge in [0.1, 0.15) is 11.5 Å². The number of piperidine rings is 2. The average Bonchev–Trinajstić information content (AvgIpc) is 2.71. The Kier molecular flexibility index (Phi) is 7.36. The molecule has 29 heavy (non-hydrogen) atoms. The van der Waals surface area contributed by atoms with Gasteiger partial charge in [-0.2, -0.15) is 0 Å². The second kappa shape index (κ2) is 10.2. The summed E-state index contributed by atoms with van der Waals surface area (Å²) in [5.41, 5.74) is 1.25. The summed E-state index contributed by atoms with van der Waals surface area (Å²) in [5, 5.41) is 5.66. The second-order valence-electron chi connectivity index (χ2n) is 7.62. The molecule has 0 aliphatic carbocycles. The second-order valence-corrected chi connectivity index (χ2v) is 7.62. The van der Waals surface area contributed by atoms with E-state index >= 15 is 0 Å². The van der Waals surface area contributed by atoms with Gasteiger partial charge in [-0.1, -0.05) is 18.2 Å². The van der Waals surface area contributed by atoms with E-state index in [4.69, 9.17) is 4.74 Å². The molecule has 2 aliphatic heterocycles. The number of carbonyl (C=O) groups excluding carboxylic acids is 3. The van der Waals surface area contributed by atoms with Crippen molar-refractivity contribution in [2.75, 3.05) is 13.1 Å². The maximum absolute atomic E-state index is 12.5. The molecule has 1 aromatic rings. The van der Waals surface area contributed by atoms with E-state index in [1.165, 1.54) is 11.6 Å². The van der Waals surface area contributed by atoms with Crippen LogP contribution >= 0.6 is 0 Å². The molecule has 2 saturated heterocycles. The van der Waals surface area contributed by atoms with Crippen LogP contribution in [0.15, 0.2) is 48.8 Å². The summed E-state index contributed by atoms with van der Waals surface area (Å²) in [5.74, 6) is 0.404. The molecule has 1 unspecified atom stereocenters. The Hall–Kier alpha value is -2.73.